The average Bonchev–Trinajstić information content (AvgIpc) is 2.78. The summed E-state index contributed by atoms with van der Waals surface area (Å²) in [5.41, 5.74) is 3.37. The summed E-state index contributed by atoms with van der Waals surface area (Å²) in [5, 5.41) is 14.6. The van der Waals surface area contributed by atoms with E-state index in [0.717, 1.165) is 59.6 Å². The molecule has 0 bridgehead atoms. The molecule has 2 aromatic carbocycles. The normalized spacial score (nSPS) is 25.2. The van der Waals surface area contributed by atoms with Gasteiger partial charge in [0.25, 0.3) is 0 Å². The first-order valence-electron chi connectivity index (χ1n) is 11.9. The number of fused-ring (bicyclic) bond motifs is 1. The standard InChI is InChI=1S/C27H36N2O4/c1-18-13-19(2)15-20(14-18)28-25(30)17-29-12-11-27(31)10-6-5-7-23(27)26(29)22-9-8-21(32-3)16-24(22)33-4/h8-9,13-16,23,26,31H,5-7,10-12,17H2,1-4H3,(H,28,30)/t23-,26-,27+/m1/s1. The van der Waals surface area contributed by atoms with Crippen molar-refractivity contribution in [3.8, 4) is 11.5 Å². The van der Waals surface area contributed by atoms with Gasteiger partial charge in [-0.2, -0.15) is 0 Å². The summed E-state index contributed by atoms with van der Waals surface area (Å²) in [6.45, 7) is 4.99. The number of aliphatic hydroxyl groups is 1. The first-order valence-corrected chi connectivity index (χ1v) is 11.9. The fourth-order valence-corrected chi connectivity index (χ4v) is 5.83. The van der Waals surface area contributed by atoms with Crippen LogP contribution in [0.2, 0.25) is 0 Å². The molecule has 1 saturated carbocycles. The van der Waals surface area contributed by atoms with E-state index < -0.39 is 5.60 Å². The third-order valence-corrected chi connectivity index (χ3v) is 7.28. The zero-order valence-corrected chi connectivity index (χ0v) is 20.2. The maximum Gasteiger partial charge on any atom is 0.238 e. The predicted molar refractivity (Wildman–Crippen MR) is 130 cm³/mol. The van der Waals surface area contributed by atoms with Crippen molar-refractivity contribution in [3.05, 3.63) is 53.1 Å². The smallest absolute Gasteiger partial charge is 0.238 e. The number of anilines is 1. The molecule has 1 aliphatic carbocycles. The molecule has 1 aliphatic heterocycles. The van der Waals surface area contributed by atoms with E-state index in [0.29, 0.717) is 13.0 Å². The minimum absolute atomic E-state index is 0.0428. The van der Waals surface area contributed by atoms with Gasteiger partial charge in [0, 0.05) is 35.8 Å². The molecule has 178 valence electrons. The van der Waals surface area contributed by atoms with Crippen LogP contribution >= 0.6 is 0 Å². The van der Waals surface area contributed by atoms with Crippen LogP contribution in [0.3, 0.4) is 0 Å². The van der Waals surface area contributed by atoms with Crippen LogP contribution < -0.4 is 14.8 Å². The van der Waals surface area contributed by atoms with E-state index in [9.17, 15) is 9.90 Å². The zero-order chi connectivity index (χ0) is 23.6. The van der Waals surface area contributed by atoms with E-state index in [1.54, 1.807) is 14.2 Å². The van der Waals surface area contributed by atoms with Gasteiger partial charge < -0.3 is 19.9 Å². The Kier molecular flexibility index (Phi) is 6.96. The maximum atomic E-state index is 13.1. The number of hydrogen-bond donors (Lipinski definition) is 2. The lowest BCUT2D eigenvalue weighted by atomic mass is 9.66. The highest BCUT2D eigenvalue weighted by atomic mass is 16.5. The van der Waals surface area contributed by atoms with Crippen molar-refractivity contribution < 1.29 is 19.4 Å². The second-order valence-corrected chi connectivity index (χ2v) is 9.65. The van der Waals surface area contributed by atoms with Gasteiger partial charge in [-0.05, 0) is 62.4 Å². The Hall–Kier alpha value is -2.57. The number of aryl methyl sites for hydroxylation is 2. The highest BCUT2D eigenvalue weighted by Crippen LogP contribution is 2.51. The number of rotatable bonds is 6. The predicted octanol–water partition coefficient (Wildman–Crippen LogP) is 4.63. The summed E-state index contributed by atoms with van der Waals surface area (Å²) >= 11 is 0. The van der Waals surface area contributed by atoms with Crippen molar-refractivity contribution in [1.29, 1.82) is 0 Å². The third-order valence-electron chi connectivity index (χ3n) is 7.28. The summed E-state index contributed by atoms with van der Waals surface area (Å²) in [4.78, 5) is 15.3. The quantitative estimate of drug-likeness (QED) is 0.669. The Morgan fingerprint density at radius 3 is 2.55 bits per heavy atom. The third kappa shape index (κ3) is 5.02. The van der Waals surface area contributed by atoms with Gasteiger partial charge in [0.15, 0.2) is 0 Å². The van der Waals surface area contributed by atoms with Crippen LogP contribution in [0.15, 0.2) is 36.4 Å². The van der Waals surface area contributed by atoms with Crippen LogP contribution in [0.4, 0.5) is 5.69 Å². The Balaban J connectivity index is 1.63. The van der Waals surface area contributed by atoms with Gasteiger partial charge in [-0.3, -0.25) is 9.69 Å². The molecule has 1 saturated heterocycles. The Bertz CT molecular complexity index is 987. The topological polar surface area (TPSA) is 71.0 Å². The molecule has 6 nitrogen and oxygen atoms in total. The molecule has 1 heterocycles. The molecule has 0 radical (unpaired) electrons. The molecule has 0 spiro atoms. The summed E-state index contributed by atoms with van der Waals surface area (Å²) in [6.07, 6.45) is 4.57. The first kappa shape index (κ1) is 23.6. The van der Waals surface area contributed by atoms with Crippen LogP contribution in [-0.2, 0) is 4.79 Å². The molecule has 4 rings (SSSR count). The number of amides is 1. The molecule has 33 heavy (non-hydrogen) atoms. The number of benzene rings is 2. The van der Waals surface area contributed by atoms with Crippen molar-refractivity contribution in [3.63, 3.8) is 0 Å². The van der Waals surface area contributed by atoms with Gasteiger partial charge in [0.2, 0.25) is 5.91 Å². The summed E-state index contributed by atoms with van der Waals surface area (Å²) in [5.74, 6) is 1.47. The average molecular weight is 453 g/mol. The number of hydrogen-bond acceptors (Lipinski definition) is 5. The van der Waals surface area contributed by atoms with Gasteiger partial charge in [-0.25, -0.2) is 0 Å². The first-order chi connectivity index (χ1) is 15.8. The van der Waals surface area contributed by atoms with E-state index >= 15 is 0 Å². The fourth-order valence-electron chi connectivity index (χ4n) is 5.83. The number of carbonyl (C=O) groups excluding carboxylic acids is 1. The largest absolute Gasteiger partial charge is 0.497 e. The molecule has 2 aromatic rings. The monoisotopic (exact) mass is 452 g/mol. The minimum Gasteiger partial charge on any atom is -0.497 e. The molecule has 1 amide bonds. The minimum atomic E-state index is -0.700. The molecule has 0 unspecified atom stereocenters. The lowest BCUT2D eigenvalue weighted by Gasteiger charge is -2.52. The second-order valence-electron chi connectivity index (χ2n) is 9.65. The lowest BCUT2D eigenvalue weighted by Crippen LogP contribution is -2.56. The van der Waals surface area contributed by atoms with Crippen molar-refractivity contribution in [1.82, 2.24) is 4.90 Å². The maximum absolute atomic E-state index is 13.1. The van der Waals surface area contributed by atoms with Gasteiger partial charge in [-0.15, -0.1) is 0 Å². The van der Waals surface area contributed by atoms with E-state index in [2.05, 4.69) is 16.3 Å². The van der Waals surface area contributed by atoms with Crippen molar-refractivity contribution in [2.75, 3.05) is 32.6 Å². The number of nitrogens with one attached hydrogen (secondary N) is 1. The van der Waals surface area contributed by atoms with Gasteiger partial charge >= 0.3 is 0 Å². The van der Waals surface area contributed by atoms with Crippen molar-refractivity contribution in [2.45, 2.75) is 57.6 Å². The fraction of sp³-hybridized carbons (Fsp3) is 0.519. The molecule has 6 heteroatoms. The Morgan fingerprint density at radius 2 is 1.85 bits per heavy atom. The van der Waals surface area contributed by atoms with Crippen LogP contribution in [0.25, 0.3) is 0 Å². The van der Waals surface area contributed by atoms with Gasteiger partial charge in [-0.1, -0.05) is 25.0 Å². The molecule has 2 aliphatic rings. The molecule has 0 aromatic heterocycles. The number of carbonyl (C=O) groups is 1. The molecular weight excluding hydrogens is 416 g/mol. The van der Waals surface area contributed by atoms with E-state index in [-0.39, 0.29) is 24.4 Å². The number of likely N-dealkylation sites (tertiary alicyclic amines) is 1. The van der Waals surface area contributed by atoms with Crippen molar-refractivity contribution in [2.24, 2.45) is 5.92 Å². The molecule has 3 atom stereocenters. The molecular formula is C27H36N2O4. The Labute approximate surface area is 196 Å². The van der Waals surface area contributed by atoms with Crippen LogP contribution in [0.1, 0.15) is 54.8 Å². The number of nitrogens with zero attached hydrogens (tertiary/aromatic N) is 1. The zero-order valence-electron chi connectivity index (χ0n) is 20.2. The number of piperidine rings is 1. The lowest BCUT2D eigenvalue weighted by molar-refractivity contribution is -0.135. The highest BCUT2D eigenvalue weighted by molar-refractivity contribution is 5.92. The van der Waals surface area contributed by atoms with Crippen LogP contribution in [-0.4, -0.2) is 48.8 Å². The van der Waals surface area contributed by atoms with Crippen molar-refractivity contribution >= 4 is 11.6 Å². The van der Waals surface area contributed by atoms with E-state index in [1.807, 2.05) is 44.2 Å². The van der Waals surface area contributed by atoms with E-state index in [1.165, 1.54) is 0 Å². The second kappa shape index (κ2) is 9.74. The summed E-state index contributed by atoms with van der Waals surface area (Å²) in [6, 6.07) is 11.8. The Morgan fingerprint density at radius 1 is 1.09 bits per heavy atom. The van der Waals surface area contributed by atoms with Crippen LogP contribution in [0, 0.1) is 19.8 Å². The van der Waals surface area contributed by atoms with Crippen LogP contribution in [0.5, 0.6) is 11.5 Å². The number of methoxy groups -OCH3 is 2. The highest BCUT2D eigenvalue weighted by Gasteiger charge is 2.49. The molecule has 2 N–H and O–H groups in total. The molecule has 2 fully saturated rings. The van der Waals surface area contributed by atoms with E-state index in [4.69, 9.17) is 9.47 Å². The summed E-state index contributed by atoms with van der Waals surface area (Å²) < 4.78 is 11.1. The number of ether oxygens (including phenoxy) is 2. The van der Waals surface area contributed by atoms with Gasteiger partial charge in [0.1, 0.15) is 11.5 Å². The SMILES string of the molecule is COc1ccc([C@@H]2[C@H]3CCCC[C@]3(O)CCN2CC(=O)Nc2cc(C)cc(C)c2)c(OC)c1. The van der Waals surface area contributed by atoms with Gasteiger partial charge in [0.05, 0.1) is 26.4 Å². The summed E-state index contributed by atoms with van der Waals surface area (Å²) in [7, 11) is 3.30.